The summed E-state index contributed by atoms with van der Waals surface area (Å²) in [6.45, 7) is 2.09. The van der Waals surface area contributed by atoms with Gasteiger partial charge in [0.1, 0.15) is 0 Å². The SMILES string of the molecule is Cc1ncc(-c2ccccc2)c(-c2ccccc2)c1-c1ccccc1. The molecule has 4 rings (SSSR count). The van der Waals surface area contributed by atoms with Crippen LogP contribution in [0.25, 0.3) is 33.4 Å². The molecular formula is C24H19N. The van der Waals surface area contributed by atoms with Gasteiger partial charge in [-0.2, -0.15) is 0 Å². The van der Waals surface area contributed by atoms with E-state index in [1.165, 1.54) is 27.8 Å². The zero-order chi connectivity index (χ0) is 17.1. The van der Waals surface area contributed by atoms with Crippen LogP contribution in [0.3, 0.4) is 0 Å². The van der Waals surface area contributed by atoms with E-state index in [9.17, 15) is 0 Å². The summed E-state index contributed by atoms with van der Waals surface area (Å²) in [4.78, 5) is 4.72. The third-order valence-electron chi connectivity index (χ3n) is 4.48. The van der Waals surface area contributed by atoms with Gasteiger partial charge in [0, 0.05) is 28.6 Å². The Morgan fingerprint density at radius 2 is 0.960 bits per heavy atom. The summed E-state index contributed by atoms with van der Waals surface area (Å²) in [5, 5.41) is 0. The van der Waals surface area contributed by atoms with Gasteiger partial charge in [-0.3, -0.25) is 4.98 Å². The quantitative estimate of drug-likeness (QED) is 0.426. The van der Waals surface area contributed by atoms with E-state index in [1.807, 2.05) is 12.3 Å². The summed E-state index contributed by atoms with van der Waals surface area (Å²) in [6.07, 6.45) is 2.00. The Balaban J connectivity index is 2.08. The molecule has 0 aliphatic carbocycles. The number of aryl methyl sites for hydroxylation is 1. The first-order valence-electron chi connectivity index (χ1n) is 8.50. The minimum Gasteiger partial charge on any atom is -0.260 e. The van der Waals surface area contributed by atoms with E-state index in [0.717, 1.165) is 11.3 Å². The van der Waals surface area contributed by atoms with Gasteiger partial charge in [0.25, 0.3) is 0 Å². The first-order valence-corrected chi connectivity index (χ1v) is 8.50. The molecular weight excluding hydrogens is 302 g/mol. The van der Waals surface area contributed by atoms with Crippen molar-refractivity contribution < 1.29 is 0 Å². The van der Waals surface area contributed by atoms with Gasteiger partial charge < -0.3 is 0 Å². The molecule has 0 bridgehead atoms. The minimum atomic E-state index is 1.05. The minimum absolute atomic E-state index is 1.05. The summed E-state index contributed by atoms with van der Waals surface area (Å²) >= 11 is 0. The molecule has 0 aliphatic heterocycles. The van der Waals surface area contributed by atoms with Crippen LogP contribution in [0.2, 0.25) is 0 Å². The van der Waals surface area contributed by atoms with Crippen LogP contribution in [0.5, 0.6) is 0 Å². The molecule has 0 saturated carbocycles. The summed E-state index contributed by atoms with van der Waals surface area (Å²) < 4.78 is 0. The number of hydrogen-bond donors (Lipinski definition) is 0. The van der Waals surface area contributed by atoms with Gasteiger partial charge in [-0.25, -0.2) is 0 Å². The summed E-state index contributed by atoms with van der Waals surface area (Å²) in [7, 11) is 0. The fraction of sp³-hybridized carbons (Fsp3) is 0.0417. The van der Waals surface area contributed by atoms with Crippen LogP contribution in [0.4, 0.5) is 0 Å². The smallest absolute Gasteiger partial charge is 0.0457 e. The van der Waals surface area contributed by atoms with Crippen LogP contribution >= 0.6 is 0 Å². The Bertz CT molecular complexity index is 974. The molecule has 0 atom stereocenters. The van der Waals surface area contributed by atoms with Crippen molar-refractivity contribution in [2.24, 2.45) is 0 Å². The number of rotatable bonds is 3. The van der Waals surface area contributed by atoms with E-state index in [0.29, 0.717) is 0 Å². The highest BCUT2D eigenvalue weighted by Crippen LogP contribution is 2.40. The molecule has 1 nitrogen and oxygen atoms in total. The molecule has 3 aromatic carbocycles. The molecule has 1 heterocycles. The van der Waals surface area contributed by atoms with Gasteiger partial charge in [-0.15, -0.1) is 0 Å². The van der Waals surface area contributed by atoms with Crippen LogP contribution in [0, 0.1) is 6.92 Å². The maximum atomic E-state index is 4.72. The van der Waals surface area contributed by atoms with Gasteiger partial charge >= 0.3 is 0 Å². The van der Waals surface area contributed by atoms with Crippen molar-refractivity contribution in [2.75, 3.05) is 0 Å². The van der Waals surface area contributed by atoms with Crippen LogP contribution in [-0.2, 0) is 0 Å². The average molecular weight is 321 g/mol. The number of hydrogen-bond acceptors (Lipinski definition) is 1. The molecule has 25 heavy (non-hydrogen) atoms. The fourth-order valence-electron chi connectivity index (χ4n) is 3.31. The zero-order valence-electron chi connectivity index (χ0n) is 14.2. The lowest BCUT2D eigenvalue weighted by atomic mass is 9.88. The Morgan fingerprint density at radius 3 is 1.48 bits per heavy atom. The van der Waals surface area contributed by atoms with E-state index in [-0.39, 0.29) is 0 Å². The highest BCUT2D eigenvalue weighted by atomic mass is 14.7. The third-order valence-corrected chi connectivity index (χ3v) is 4.48. The second-order valence-electron chi connectivity index (χ2n) is 6.11. The molecule has 0 saturated heterocycles. The number of pyridine rings is 1. The van der Waals surface area contributed by atoms with Crippen molar-refractivity contribution in [1.29, 1.82) is 0 Å². The molecule has 4 aromatic rings. The van der Waals surface area contributed by atoms with Gasteiger partial charge in [0.2, 0.25) is 0 Å². The van der Waals surface area contributed by atoms with Crippen LogP contribution < -0.4 is 0 Å². The predicted octanol–water partition coefficient (Wildman–Crippen LogP) is 6.39. The zero-order valence-corrected chi connectivity index (χ0v) is 14.2. The molecule has 0 fully saturated rings. The summed E-state index contributed by atoms with van der Waals surface area (Å²) in [6, 6.07) is 31.6. The highest BCUT2D eigenvalue weighted by Gasteiger charge is 2.16. The predicted molar refractivity (Wildman–Crippen MR) is 105 cm³/mol. The molecule has 0 radical (unpaired) electrons. The van der Waals surface area contributed by atoms with E-state index in [1.54, 1.807) is 0 Å². The molecule has 120 valence electrons. The Morgan fingerprint density at radius 1 is 0.520 bits per heavy atom. The fourth-order valence-corrected chi connectivity index (χ4v) is 3.31. The Labute approximate surface area is 148 Å². The Hall–Kier alpha value is -3.19. The lowest BCUT2D eigenvalue weighted by Crippen LogP contribution is -1.96. The molecule has 0 N–H and O–H groups in total. The van der Waals surface area contributed by atoms with Crippen LogP contribution in [0.15, 0.2) is 97.2 Å². The van der Waals surface area contributed by atoms with Crippen molar-refractivity contribution >= 4 is 0 Å². The average Bonchev–Trinajstić information content (AvgIpc) is 2.70. The summed E-state index contributed by atoms with van der Waals surface area (Å²) in [5.41, 5.74) is 8.25. The largest absolute Gasteiger partial charge is 0.260 e. The summed E-state index contributed by atoms with van der Waals surface area (Å²) in [5.74, 6) is 0. The standard InChI is InChI=1S/C24H19N/c1-18-23(20-13-7-3-8-14-20)24(21-15-9-4-10-16-21)22(17-25-18)19-11-5-2-6-12-19/h2-17H,1H3. The molecule has 1 aromatic heterocycles. The van der Waals surface area contributed by atoms with Crippen molar-refractivity contribution in [3.63, 3.8) is 0 Å². The highest BCUT2D eigenvalue weighted by molar-refractivity contribution is 5.94. The van der Waals surface area contributed by atoms with Crippen molar-refractivity contribution in [3.8, 4) is 33.4 Å². The number of nitrogens with zero attached hydrogens (tertiary/aromatic N) is 1. The molecule has 0 amide bonds. The molecule has 1 heteroatoms. The van der Waals surface area contributed by atoms with Gasteiger partial charge in [0.15, 0.2) is 0 Å². The first kappa shape index (κ1) is 15.3. The van der Waals surface area contributed by atoms with Gasteiger partial charge in [-0.1, -0.05) is 91.0 Å². The molecule has 0 spiro atoms. The first-order chi connectivity index (χ1) is 12.3. The van der Waals surface area contributed by atoms with Gasteiger partial charge in [-0.05, 0) is 23.6 Å². The monoisotopic (exact) mass is 321 g/mol. The maximum absolute atomic E-state index is 4.72. The number of benzene rings is 3. The normalized spacial score (nSPS) is 10.6. The second-order valence-corrected chi connectivity index (χ2v) is 6.11. The van der Waals surface area contributed by atoms with Gasteiger partial charge in [0.05, 0.1) is 0 Å². The molecule has 0 aliphatic rings. The van der Waals surface area contributed by atoms with Crippen LogP contribution in [-0.4, -0.2) is 4.98 Å². The lowest BCUT2D eigenvalue weighted by molar-refractivity contribution is 1.21. The van der Waals surface area contributed by atoms with Crippen LogP contribution in [0.1, 0.15) is 5.69 Å². The maximum Gasteiger partial charge on any atom is 0.0457 e. The molecule has 0 unspecified atom stereocenters. The van der Waals surface area contributed by atoms with Crippen molar-refractivity contribution in [3.05, 3.63) is 103 Å². The van der Waals surface area contributed by atoms with E-state index < -0.39 is 0 Å². The number of aromatic nitrogens is 1. The van der Waals surface area contributed by atoms with E-state index in [2.05, 4.69) is 91.9 Å². The Kier molecular flexibility index (Phi) is 4.14. The third kappa shape index (κ3) is 2.97. The van der Waals surface area contributed by atoms with E-state index >= 15 is 0 Å². The second kappa shape index (κ2) is 6.74. The van der Waals surface area contributed by atoms with Crippen molar-refractivity contribution in [1.82, 2.24) is 4.98 Å². The topological polar surface area (TPSA) is 12.9 Å². The van der Waals surface area contributed by atoms with E-state index in [4.69, 9.17) is 4.98 Å². The van der Waals surface area contributed by atoms with Crippen molar-refractivity contribution in [2.45, 2.75) is 6.92 Å². The lowest BCUT2D eigenvalue weighted by Gasteiger charge is -2.18.